The molecule has 4 heterocycles. The fourth-order valence-corrected chi connectivity index (χ4v) is 4.97. The lowest BCUT2D eigenvalue weighted by atomic mass is 10.0. The van der Waals surface area contributed by atoms with Crippen LogP contribution in [0.5, 0.6) is 5.75 Å². The minimum absolute atomic E-state index is 0.114. The first-order valence-corrected chi connectivity index (χ1v) is 13.3. The number of halogens is 1. The van der Waals surface area contributed by atoms with E-state index in [0.717, 1.165) is 59.1 Å². The van der Waals surface area contributed by atoms with Gasteiger partial charge in [0.1, 0.15) is 16.6 Å². The van der Waals surface area contributed by atoms with Crippen LogP contribution in [0.4, 0.5) is 29.0 Å². The highest BCUT2D eigenvalue weighted by atomic mass is 35.5. The van der Waals surface area contributed by atoms with Crippen LogP contribution in [0.3, 0.4) is 0 Å². The molecule has 2 aliphatic rings. The van der Waals surface area contributed by atoms with Crippen LogP contribution in [-0.2, 0) is 11.2 Å². The summed E-state index contributed by atoms with van der Waals surface area (Å²) < 4.78 is 6.07. The van der Waals surface area contributed by atoms with E-state index >= 15 is 0 Å². The fourth-order valence-electron chi connectivity index (χ4n) is 4.83. The number of nitrogens with one attached hydrogen (secondary N) is 2. The molecule has 2 aliphatic heterocycles. The first-order valence-electron chi connectivity index (χ1n) is 12.9. The molecule has 10 heteroatoms. The number of hydrogen-bond donors (Lipinski definition) is 2. The maximum absolute atomic E-state index is 11.7. The molecule has 2 aromatic heterocycles. The van der Waals surface area contributed by atoms with Gasteiger partial charge in [-0.1, -0.05) is 23.7 Å². The molecule has 0 spiro atoms. The zero-order chi connectivity index (χ0) is 26.8. The maximum atomic E-state index is 11.7. The lowest BCUT2D eigenvalue weighted by molar-refractivity contribution is -0.129. The third-order valence-corrected chi connectivity index (χ3v) is 7.15. The van der Waals surface area contributed by atoms with Crippen LogP contribution in [-0.4, -0.2) is 58.5 Å². The molecule has 6 rings (SSSR count). The van der Waals surface area contributed by atoms with Gasteiger partial charge in [-0.05, 0) is 53.1 Å². The van der Waals surface area contributed by atoms with E-state index in [-0.39, 0.29) is 5.91 Å². The second kappa shape index (κ2) is 10.8. The van der Waals surface area contributed by atoms with Crippen molar-refractivity contribution < 1.29 is 9.53 Å². The maximum Gasteiger partial charge on any atom is 0.229 e. The summed E-state index contributed by atoms with van der Waals surface area (Å²) in [5.74, 6) is 2.72. The van der Waals surface area contributed by atoms with Crippen LogP contribution in [0.25, 0.3) is 11.1 Å². The predicted molar refractivity (Wildman–Crippen MR) is 153 cm³/mol. The van der Waals surface area contributed by atoms with Gasteiger partial charge in [0.15, 0.2) is 5.82 Å². The number of rotatable bonds is 2. The Labute approximate surface area is 231 Å². The van der Waals surface area contributed by atoms with Gasteiger partial charge in [-0.25, -0.2) is 9.97 Å². The molecule has 2 N–H and O–H groups in total. The minimum Gasteiger partial charge on any atom is -0.493 e. The monoisotopic (exact) mass is 541 g/mol. The van der Waals surface area contributed by atoms with E-state index in [1.807, 2.05) is 41.4 Å². The smallest absolute Gasteiger partial charge is 0.229 e. The third kappa shape index (κ3) is 5.73. The molecule has 9 nitrogen and oxygen atoms in total. The van der Waals surface area contributed by atoms with Crippen LogP contribution in [0, 0.1) is 0 Å². The van der Waals surface area contributed by atoms with Gasteiger partial charge in [0.2, 0.25) is 11.9 Å². The summed E-state index contributed by atoms with van der Waals surface area (Å²) in [6.45, 7) is 5.05. The first-order chi connectivity index (χ1) is 19.0. The highest BCUT2D eigenvalue weighted by Gasteiger charge is 2.20. The topological polar surface area (TPSA) is 95.5 Å². The first kappa shape index (κ1) is 24.9. The molecule has 1 fully saturated rings. The largest absolute Gasteiger partial charge is 0.493 e. The fraction of sp³-hybridized carbons (Fsp3) is 0.241. The normalized spacial score (nSPS) is 14.9. The van der Waals surface area contributed by atoms with Crippen molar-refractivity contribution in [3.05, 3.63) is 77.6 Å². The second-order valence-electron chi connectivity index (χ2n) is 9.58. The number of piperazine rings is 1. The highest BCUT2D eigenvalue weighted by molar-refractivity contribution is 6.32. The molecular formula is C29H28ClN7O2. The summed E-state index contributed by atoms with van der Waals surface area (Å²) in [5, 5.41) is 7.03. The summed E-state index contributed by atoms with van der Waals surface area (Å²) in [7, 11) is 0. The van der Waals surface area contributed by atoms with E-state index in [9.17, 15) is 4.79 Å². The molecule has 198 valence electrons. The summed E-state index contributed by atoms with van der Waals surface area (Å²) in [6.07, 6.45) is 4.14. The number of anilines is 5. The lowest BCUT2D eigenvalue weighted by Crippen LogP contribution is -2.48. The number of nitrogens with zero attached hydrogens (tertiary/aromatic N) is 5. The molecule has 1 saturated heterocycles. The predicted octanol–water partition coefficient (Wildman–Crippen LogP) is 5.28. The van der Waals surface area contributed by atoms with Crippen molar-refractivity contribution in [1.29, 1.82) is 0 Å². The Morgan fingerprint density at radius 3 is 2.67 bits per heavy atom. The number of ether oxygens (including phenoxy) is 1. The summed E-state index contributed by atoms with van der Waals surface area (Å²) in [4.78, 5) is 29.5. The Balaban J connectivity index is 1.33. The number of fused-ring (bicyclic) bond motifs is 6. The molecular weight excluding hydrogens is 514 g/mol. The van der Waals surface area contributed by atoms with Crippen LogP contribution >= 0.6 is 11.6 Å². The zero-order valence-electron chi connectivity index (χ0n) is 21.5. The Kier molecular flexibility index (Phi) is 6.89. The Hall–Kier alpha value is -4.37. The van der Waals surface area contributed by atoms with E-state index < -0.39 is 0 Å². The van der Waals surface area contributed by atoms with Crippen molar-refractivity contribution in [2.24, 2.45) is 0 Å². The van der Waals surface area contributed by atoms with Gasteiger partial charge in [-0.3, -0.25) is 4.79 Å². The number of amides is 1. The minimum atomic E-state index is 0.114. The number of hydrogen-bond acceptors (Lipinski definition) is 8. The molecule has 0 unspecified atom stereocenters. The van der Waals surface area contributed by atoms with Crippen LogP contribution in [0.2, 0.25) is 5.02 Å². The van der Waals surface area contributed by atoms with E-state index in [1.54, 1.807) is 13.1 Å². The molecule has 39 heavy (non-hydrogen) atoms. The average molecular weight is 542 g/mol. The third-order valence-electron chi connectivity index (χ3n) is 6.88. The Bertz CT molecular complexity index is 1520. The Morgan fingerprint density at radius 2 is 1.82 bits per heavy atom. The highest BCUT2D eigenvalue weighted by Crippen LogP contribution is 2.31. The van der Waals surface area contributed by atoms with Crippen LogP contribution < -0.4 is 20.3 Å². The van der Waals surface area contributed by atoms with Gasteiger partial charge in [-0.2, -0.15) is 4.98 Å². The van der Waals surface area contributed by atoms with E-state index in [2.05, 4.69) is 54.8 Å². The van der Waals surface area contributed by atoms with Crippen molar-refractivity contribution in [2.75, 3.05) is 48.3 Å². The molecule has 2 aromatic carbocycles. The molecule has 6 bridgehead atoms. The van der Waals surface area contributed by atoms with E-state index in [1.165, 1.54) is 0 Å². The van der Waals surface area contributed by atoms with Crippen LogP contribution in [0.15, 0.2) is 67.0 Å². The standard InChI is InChI=1S/C29H28ClN7O2/c1-19(38)36-8-10-37(11-9-36)27-16-21(5-7-31-27)22-13-20-6-12-39-25-4-2-3-23(17-25)33-28-26(30)18-32-29(35-28)34-24(14-20)15-22/h2-5,7,13-18H,6,8-12H2,1H3,(H2,32,33,34,35). The van der Waals surface area contributed by atoms with Gasteiger partial charge in [0.05, 0.1) is 12.8 Å². The van der Waals surface area contributed by atoms with E-state index in [0.29, 0.717) is 36.5 Å². The van der Waals surface area contributed by atoms with Crippen molar-refractivity contribution in [3.63, 3.8) is 0 Å². The molecule has 0 saturated carbocycles. The van der Waals surface area contributed by atoms with E-state index in [4.69, 9.17) is 16.3 Å². The second-order valence-corrected chi connectivity index (χ2v) is 9.99. The van der Waals surface area contributed by atoms with Gasteiger partial charge >= 0.3 is 0 Å². The number of carbonyl (C=O) groups is 1. The van der Waals surface area contributed by atoms with Crippen LogP contribution in [0.1, 0.15) is 12.5 Å². The Morgan fingerprint density at radius 1 is 0.949 bits per heavy atom. The molecule has 1 amide bonds. The lowest BCUT2D eigenvalue weighted by Gasteiger charge is -2.35. The quantitative estimate of drug-likeness (QED) is 0.354. The molecule has 4 aromatic rings. The number of benzene rings is 2. The van der Waals surface area contributed by atoms with Crippen molar-refractivity contribution in [2.45, 2.75) is 13.3 Å². The van der Waals surface area contributed by atoms with Gasteiger partial charge in [0, 0.05) is 63.2 Å². The summed E-state index contributed by atoms with van der Waals surface area (Å²) >= 11 is 6.39. The van der Waals surface area contributed by atoms with Gasteiger partial charge in [-0.15, -0.1) is 0 Å². The number of carbonyl (C=O) groups excluding carboxylic acids is 1. The number of aromatic nitrogens is 3. The van der Waals surface area contributed by atoms with Crippen molar-refractivity contribution in [3.8, 4) is 16.9 Å². The SMILES string of the molecule is CC(=O)N1CCN(c2cc(-c3cc4cc(c3)Nc3ncc(Cl)c(n3)Nc3cccc(c3)OCC4)ccn2)CC1. The van der Waals surface area contributed by atoms with Gasteiger partial charge in [0.25, 0.3) is 0 Å². The van der Waals surface area contributed by atoms with Crippen molar-refractivity contribution >= 4 is 46.5 Å². The van der Waals surface area contributed by atoms with Crippen molar-refractivity contribution in [1.82, 2.24) is 19.9 Å². The molecule has 0 atom stereocenters. The zero-order valence-corrected chi connectivity index (χ0v) is 22.3. The number of pyridine rings is 1. The molecule has 0 aliphatic carbocycles. The summed E-state index contributed by atoms with van der Waals surface area (Å²) in [6, 6.07) is 18.2. The summed E-state index contributed by atoms with van der Waals surface area (Å²) in [5.41, 5.74) is 4.90. The van der Waals surface area contributed by atoms with Gasteiger partial charge < -0.3 is 25.2 Å². The molecule has 0 radical (unpaired) electrons. The average Bonchev–Trinajstić information content (AvgIpc) is 2.95.